The van der Waals surface area contributed by atoms with Crippen molar-refractivity contribution in [1.29, 1.82) is 0 Å². The maximum atomic E-state index is 11.5. The monoisotopic (exact) mass is 257 g/mol. The molecule has 1 saturated heterocycles. The molecule has 0 radical (unpaired) electrons. The number of nitrogens with one attached hydrogen (secondary N) is 1. The standard InChI is InChI=1S/C9H12BrN3O/c10-4-7-3-9(14)13(5-7)6-8-1-2-11-12-8/h1-2,7H,3-6H2,(H,11,12). The zero-order valence-electron chi connectivity index (χ0n) is 7.74. The summed E-state index contributed by atoms with van der Waals surface area (Å²) in [6.07, 6.45) is 2.37. The molecule has 0 saturated carbocycles. The first kappa shape index (κ1) is 9.71. The molecule has 5 heteroatoms. The molecule has 0 spiro atoms. The molecule has 4 nitrogen and oxygen atoms in total. The van der Waals surface area contributed by atoms with Gasteiger partial charge >= 0.3 is 0 Å². The van der Waals surface area contributed by atoms with Gasteiger partial charge in [-0.1, -0.05) is 15.9 Å². The summed E-state index contributed by atoms with van der Waals surface area (Å²) in [6.45, 7) is 1.51. The summed E-state index contributed by atoms with van der Waals surface area (Å²) in [7, 11) is 0. The number of amides is 1. The molecule has 1 fully saturated rings. The number of nitrogens with zero attached hydrogens (tertiary/aromatic N) is 2. The van der Waals surface area contributed by atoms with E-state index >= 15 is 0 Å². The average molecular weight is 258 g/mol. The minimum atomic E-state index is 0.240. The van der Waals surface area contributed by atoms with Crippen LogP contribution < -0.4 is 0 Å². The molecule has 1 amide bonds. The maximum absolute atomic E-state index is 11.5. The van der Waals surface area contributed by atoms with Crippen LogP contribution in [0.5, 0.6) is 0 Å². The second kappa shape index (κ2) is 4.13. The largest absolute Gasteiger partial charge is 0.336 e. The van der Waals surface area contributed by atoms with Gasteiger partial charge < -0.3 is 4.90 Å². The van der Waals surface area contributed by atoms with Gasteiger partial charge in [0.05, 0.1) is 12.2 Å². The van der Waals surface area contributed by atoms with Crippen molar-refractivity contribution in [2.24, 2.45) is 5.92 Å². The van der Waals surface area contributed by atoms with Crippen molar-refractivity contribution in [3.05, 3.63) is 18.0 Å². The van der Waals surface area contributed by atoms with Crippen LogP contribution in [0.25, 0.3) is 0 Å². The van der Waals surface area contributed by atoms with E-state index < -0.39 is 0 Å². The molecule has 1 atom stereocenters. The number of likely N-dealkylation sites (tertiary alicyclic amines) is 1. The van der Waals surface area contributed by atoms with Gasteiger partial charge in [0, 0.05) is 24.5 Å². The number of aromatic amines is 1. The first-order valence-corrected chi connectivity index (χ1v) is 5.73. The SMILES string of the molecule is O=C1CC(CBr)CN1Cc1ccn[nH]1. The molecule has 2 rings (SSSR count). The van der Waals surface area contributed by atoms with Gasteiger partial charge in [-0.3, -0.25) is 9.89 Å². The Morgan fingerprint density at radius 2 is 2.57 bits per heavy atom. The molecule has 1 aliphatic rings. The van der Waals surface area contributed by atoms with Gasteiger partial charge in [-0.25, -0.2) is 0 Å². The number of hydrogen-bond acceptors (Lipinski definition) is 2. The van der Waals surface area contributed by atoms with Crippen LogP contribution in [0.1, 0.15) is 12.1 Å². The van der Waals surface area contributed by atoms with Crippen LogP contribution in [0.2, 0.25) is 0 Å². The fourth-order valence-corrected chi connectivity index (χ4v) is 2.12. The predicted octanol–water partition coefficient (Wildman–Crippen LogP) is 1.15. The van der Waals surface area contributed by atoms with Crippen molar-refractivity contribution in [1.82, 2.24) is 15.1 Å². The van der Waals surface area contributed by atoms with Gasteiger partial charge in [-0.15, -0.1) is 0 Å². The molecule has 0 bridgehead atoms. The van der Waals surface area contributed by atoms with E-state index in [0.29, 0.717) is 18.9 Å². The molecule has 14 heavy (non-hydrogen) atoms. The van der Waals surface area contributed by atoms with E-state index in [4.69, 9.17) is 0 Å². The molecule has 76 valence electrons. The molecule has 2 heterocycles. The lowest BCUT2D eigenvalue weighted by atomic mass is 10.2. The summed E-state index contributed by atoms with van der Waals surface area (Å²) in [4.78, 5) is 13.4. The Morgan fingerprint density at radius 1 is 1.71 bits per heavy atom. The van der Waals surface area contributed by atoms with E-state index in [2.05, 4.69) is 26.1 Å². The van der Waals surface area contributed by atoms with E-state index in [0.717, 1.165) is 17.6 Å². The van der Waals surface area contributed by atoms with Crippen molar-refractivity contribution in [3.63, 3.8) is 0 Å². The number of H-pyrrole nitrogens is 1. The van der Waals surface area contributed by atoms with Crippen LogP contribution in [-0.2, 0) is 11.3 Å². The quantitative estimate of drug-likeness (QED) is 0.827. The van der Waals surface area contributed by atoms with Crippen LogP contribution >= 0.6 is 15.9 Å². The molecule has 0 aliphatic carbocycles. The topological polar surface area (TPSA) is 49.0 Å². The Labute approximate surface area is 90.8 Å². The van der Waals surface area contributed by atoms with Gasteiger partial charge in [0.25, 0.3) is 0 Å². The fourth-order valence-electron chi connectivity index (χ4n) is 1.69. The van der Waals surface area contributed by atoms with E-state index in [-0.39, 0.29) is 5.91 Å². The third kappa shape index (κ3) is 1.97. The lowest BCUT2D eigenvalue weighted by Gasteiger charge is -2.14. The molecule has 1 aromatic heterocycles. The maximum Gasteiger partial charge on any atom is 0.223 e. The van der Waals surface area contributed by atoms with Crippen molar-refractivity contribution >= 4 is 21.8 Å². The van der Waals surface area contributed by atoms with Crippen molar-refractivity contribution in [2.75, 3.05) is 11.9 Å². The van der Waals surface area contributed by atoms with Gasteiger partial charge in [0.1, 0.15) is 0 Å². The number of carbonyl (C=O) groups excluding carboxylic acids is 1. The number of carbonyl (C=O) groups is 1. The van der Waals surface area contributed by atoms with Crippen LogP contribution in [-0.4, -0.2) is 32.9 Å². The Morgan fingerprint density at radius 3 is 3.14 bits per heavy atom. The van der Waals surface area contributed by atoms with Gasteiger partial charge in [-0.2, -0.15) is 5.10 Å². The Hall–Kier alpha value is -0.840. The number of aromatic nitrogens is 2. The summed E-state index contributed by atoms with van der Waals surface area (Å²) in [5.41, 5.74) is 0.994. The van der Waals surface area contributed by atoms with Crippen molar-refractivity contribution in [3.8, 4) is 0 Å². The van der Waals surface area contributed by atoms with Crippen molar-refractivity contribution < 1.29 is 4.79 Å². The summed E-state index contributed by atoms with van der Waals surface area (Å²) >= 11 is 3.41. The van der Waals surface area contributed by atoms with Crippen LogP contribution in [0, 0.1) is 5.92 Å². The zero-order valence-corrected chi connectivity index (χ0v) is 9.33. The van der Waals surface area contributed by atoms with Crippen LogP contribution in [0.15, 0.2) is 12.3 Å². The fraction of sp³-hybridized carbons (Fsp3) is 0.556. The minimum Gasteiger partial charge on any atom is -0.336 e. The first-order valence-electron chi connectivity index (χ1n) is 4.61. The highest BCUT2D eigenvalue weighted by atomic mass is 79.9. The lowest BCUT2D eigenvalue weighted by Crippen LogP contribution is -2.24. The average Bonchev–Trinajstić information content (AvgIpc) is 2.78. The second-order valence-corrected chi connectivity index (χ2v) is 4.23. The van der Waals surface area contributed by atoms with E-state index in [1.54, 1.807) is 6.20 Å². The predicted molar refractivity (Wildman–Crippen MR) is 55.9 cm³/mol. The molecular weight excluding hydrogens is 246 g/mol. The number of rotatable bonds is 3. The highest BCUT2D eigenvalue weighted by Crippen LogP contribution is 2.20. The minimum absolute atomic E-state index is 0.240. The molecule has 0 aromatic carbocycles. The van der Waals surface area contributed by atoms with Gasteiger partial charge in [-0.05, 0) is 12.0 Å². The second-order valence-electron chi connectivity index (χ2n) is 3.58. The summed E-state index contributed by atoms with van der Waals surface area (Å²) in [5.74, 6) is 0.703. The van der Waals surface area contributed by atoms with Crippen molar-refractivity contribution in [2.45, 2.75) is 13.0 Å². The highest BCUT2D eigenvalue weighted by molar-refractivity contribution is 9.09. The molecule has 1 N–H and O–H groups in total. The Kier molecular flexibility index (Phi) is 2.86. The first-order chi connectivity index (χ1) is 6.79. The van der Waals surface area contributed by atoms with E-state index in [1.807, 2.05) is 11.0 Å². The lowest BCUT2D eigenvalue weighted by molar-refractivity contribution is -0.128. The Balaban J connectivity index is 1.96. The van der Waals surface area contributed by atoms with Gasteiger partial charge in [0.15, 0.2) is 0 Å². The highest BCUT2D eigenvalue weighted by Gasteiger charge is 2.28. The molecule has 1 aliphatic heterocycles. The number of alkyl halides is 1. The number of hydrogen-bond donors (Lipinski definition) is 1. The van der Waals surface area contributed by atoms with Crippen LogP contribution in [0.4, 0.5) is 0 Å². The smallest absolute Gasteiger partial charge is 0.223 e. The Bertz CT molecular complexity index is 312. The summed E-state index contributed by atoms with van der Waals surface area (Å²) in [6, 6.07) is 1.90. The molecular formula is C9H12BrN3O. The van der Waals surface area contributed by atoms with E-state index in [9.17, 15) is 4.79 Å². The zero-order chi connectivity index (χ0) is 9.97. The van der Waals surface area contributed by atoms with Gasteiger partial charge in [0.2, 0.25) is 5.91 Å². The summed E-state index contributed by atoms with van der Waals surface area (Å²) in [5, 5.41) is 7.62. The van der Waals surface area contributed by atoms with Crippen LogP contribution in [0.3, 0.4) is 0 Å². The third-order valence-corrected chi connectivity index (χ3v) is 3.35. The summed E-state index contributed by atoms with van der Waals surface area (Å²) < 4.78 is 0. The molecule has 1 aromatic rings. The number of halogens is 1. The van der Waals surface area contributed by atoms with E-state index in [1.165, 1.54) is 0 Å². The third-order valence-electron chi connectivity index (χ3n) is 2.43. The molecule has 1 unspecified atom stereocenters. The normalized spacial score (nSPS) is 21.9.